The number of carbonyl (C=O) groups is 5. The van der Waals surface area contributed by atoms with E-state index in [1.807, 2.05) is 0 Å². The number of aromatic nitrogens is 2. The highest BCUT2D eigenvalue weighted by Gasteiger charge is 2.23. The van der Waals surface area contributed by atoms with Crippen molar-refractivity contribution in [3.05, 3.63) is 90.1 Å². The van der Waals surface area contributed by atoms with Gasteiger partial charge in [-0.2, -0.15) is 5.01 Å². The second kappa shape index (κ2) is 20.7. The van der Waals surface area contributed by atoms with Gasteiger partial charge in [-0.25, -0.2) is 9.48 Å². The van der Waals surface area contributed by atoms with Crippen molar-refractivity contribution in [3.8, 4) is 17.4 Å². The molecule has 0 fully saturated rings. The van der Waals surface area contributed by atoms with Gasteiger partial charge in [0.1, 0.15) is 23.4 Å². The predicted molar refractivity (Wildman–Crippen MR) is 190 cm³/mol. The summed E-state index contributed by atoms with van der Waals surface area (Å²) in [5.74, 6) is -1.03. The zero-order valence-electron chi connectivity index (χ0n) is 27.4. The molecule has 1 unspecified atom stereocenters. The number of hydrogen-bond acceptors (Lipinski definition) is 12. The Morgan fingerprint density at radius 1 is 0.804 bits per heavy atom. The van der Waals surface area contributed by atoms with Gasteiger partial charge in [-0.1, -0.05) is 46.4 Å². The number of methoxy groups -OCH3 is 2. The summed E-state index contributed by atoms with van der Waals surface area (Å²) in [5.41, 5.74) is 2.05. The molecule has 51 heavy (non-hydrogen) atoms. The number of esters is 1. The number of Topliss-reactive ketones (excluding diaryl/α,β-unsaturated/α-hetero) is 2. The van der Waals surface area contributed by atoms with E-state index in [2.05, 4.69) is 10.5 Å². The number of aliphatic hydroxyl groups excluding tert-OH is 1. The molecule has 2 aromatic carbocycles. The topological polar surface area (TPSA) is 183 Å². The van der Waals surface area contributed by atoms with Crippen molar-refractivity contribution in [3.63, 3.8) is 0 Å². The van der Waals surface area contributed by atoms with Gasteiger partial charge in [-0.05, 0) is 55.8 Å². The van der Waals surface area contributed by atoms with Crippen molar-refractivity contribution in [2.24, 2.45) is 0 Å². The van der Waals surface area contributed by atoms with Gasteiger partial charge in [0.15, 0.2) is 11.5 Å². The van der Waals surface area contributed by atoms with Gasteiger partial charge >= 0.3 is 5.97 Å². The van der Waals surface area contributed by atoms with E-state index >= 15 is 0 Å². The molecule has 274 valence electrons. The number of ketones is 2. The van der Waals surface area contributed by atoms with Crippen LogP contribution >= 0.6 is 58.0 Å². The zero-order valence-corrected chi connectivity index (χ0v) is 31.2. The van der Waals surface area contributed by atoms with Crippen LogP contribution in [0.2, 0.25) is 20.1 Å². The first kappa shape index (κ1) is 43.1. The third-order valence-electron chi connectivity index (χ3n) is 6.34. The number of amides is 1. The molecule has 0 spiro atoms. The normalized spacial score (nSPS) is 13.5. The average Bonchev–Trinajstić information content (AvgIpc) is 3.07. The van der Waals surface area contributed by atoms with E-state index in [0.717, 1.165) is 4.68 Å². The minimum atomic E-state index is -0.839. The van der Waals surface area contributed by atoms with Crippen molar-refractivity contribution in [2.75, 3.05) is 20.8 Å². The Balaban J connectivity index is 0.000000292. The SMILES string of the molecule is CC(=O)CCN1NC(=O)C=CC1O.COc1c(Cl)ccc(Cl)c1C(=O)Cl.COc1c(Cl)ccc(Cl)c1C(=O)Oc1ccc(=O)n(CCC(C)=O)n1. The molecule has 3 aromatic rings. The first-order valence-electron chi connectivity index (χ1n) is 14.5. The lowest BCUT2D eigenvalue weighted by atomic mass is 10.2. The Bertz CT molecular complexity index is 1870. The second-order valence-electron chi connectivity index (χ2n) is 10.1. The quantitative estimate of drug-likeness (QED) is 0.188. The monoisotopic (exact) mass is 806 g/mol. The van der Waals surface area contributed by atoms with E-state index in [-0.39, 0.29) is 74.0 Å². The van der Waals surface area contributed by atoms with Crippen LogP contribution < -0.4 is 25.2 Å². The Labute approximate surface area is 316 Å². The molecule has 0 radical (unpaired) electrons. The first-order valence-corrected chi connectivity index (χ1v) is 16.4. The molecule has 0 aliphatic carbocycles. The van der Waals surface area contributed by atoms with Crippen LogP contribution in [0.3, 0.4) is 0 Å². The van der Waals surface area contributed by atoms with Crippen LogP contribution in [0.25, 0.3) is 0 Å². The number of aliphatic hydroxyl groups is 1. The van der Waals surface area contributed by atoms with Gasteiger partial charge in [-0.3, -0.25) is 29.4 Å². The van der Waals surface area contributed by atoms with Gasteiger partial charge in [-0.15, -0.1) is 5.10 Å². The Morgan fingerprint density at radius 3 is 1.82 bits per heavy atom. The standard InChI is InChI=1S/C16H14Cl2N2O5.C8H5Cl3O2.C8H12N2O3/c1-9(21)7-8-20-13(22)6-5-12(19-20)25-16(23)14-10(17)3-4-11(18)15(14)24-2;1-13-7-5(10)3-2-4(9)6(7)8(11)12;1-6(11)4-5-10-8(13)3-2-7(12)9-10/h3-6H,7-8H2,1-2H3;2-3H,1H3;2-3,8,13H,4-5H2,1H3,(H,9,12). The number of nitrogens with one attached hydrogen (secondary N) is 1. The van der Waals surface area contributed by atoms with Crippen LogP contribution in [0, 0.1) is 0 Å². The van der Waals surface area contributed by atoms with Gasteiger partial charge in [0.05, 0.1) is 46.4 Å². The molecule has 2 N–H and O–H groups in total. The van der Waals surface area contributed by atoms with E-state index < -0.39 is 23.0 Å². The smallest absolute Gasteiger partial charge is 0.350 e. The average molecular weight is 809 g/mol. The fourth-order valence-corrected chi connectivity index (χ4v) is 5.05. The van der Waals surface area contributed by atoms with Crippen molar-refractivity contribution in [2.45, 2.75) is 39.5 Å². The number of carbonyl (C=O) groups excluding carboxylic acids is 5. The number of hydrazine groups is 1. The Hall–Kier alpha value is -4.02. The van der Waals surface area contributed by atoms with Gasteiger partial charge in [0, 0.05) is 37.6 Å². The summed E-state index contributed by atoms with van der Waals surface area (Å²) in [5, 5.41) is 14.7. The van der Waals surface area contributed by atoms with Gasteiger partial charge in [0.2, 0.25) is 5.88 Å². The number of halogens is 5. The van der Waals surface area contributed by atoms with Gasteiger partial charge < -0.3 is 19.3 Å². The summed E-state index contributed by atoms with van der Waals surface area (Å²) in [6.45, 7) is 3.28. The molecule has 0 saturated carbocycles. The van der Waals surface area contributed by atoms with Crippen LogP contribution in [0.15, 0.2) is 53.3 Å². The van der Waals surface area contributed by atoms with E-state index in [4.69, 9.17) is 72.2 Å². The number of nitrogens with zero attached hydrogens (tertiary/aromatic N) is 3. The maximum atomic E-state index is 12.4. The lowest BCUT2D eigenvalue weighted by Gasteiger charge is -2.28. The summed E-state index contributed by atoms with van der Waals surface area (Å²) in [4.78, 5) is 67.6. The summed E-state index contributed by atoms with van der Waals surface area (Å²) in [6.07, 6.45) is 2.24. The van der Waals surface area contributed by atoms with Crippen LogP contribution in [0.4, 0.5) is 0 Å². The molecular weight excluding hydrogens is 778 g/mol. The van der Waals surface area contributed by atoms with Crippen LogP contribution in [0.1, 0.15) is 47.4 Å². The molecule has 1 amide bonds. The molecule has 1 aliphatic rings. The molecule has 1 aromatic heterocycles. The molecule has 0 saturated heterocycles. The molecule has 14 nitrogen and oxygen atoms in total. The summed E-state index contributed by atoms with van der Waals surface area (Å²) >= 11 is 28.8. The predicted octanol–water partition coefficient (Wildman–Crippen LogP) is 5.32. The van der Waals surface area contributed by atoms with Gasteiger partial charge in [0.25, 0.3) is 16.7 Å². The fraction of sp³-hybridized carbons (Fsp3) is 0.281. The van der Waals surface area contributed by atoms with E-state index in [1.54, 1.807) is 0 Å². The molecule has 0 bridgehead atoms. The van der Waals surface area contributed by atoms with E-state index in [0.29, 0.717) is 18.0 Å². The molecular formula is C32H31Cl5N4O10. The number of hydrogen-bond donors (Lipinski definition) is 2. The summed E-state index contributed by atoms with van der Waals surface area (Å²) in [7, 11) is 2.73. The number of benzene rings is 2. The highest BCUT2D eigenvalue weighted by atomic mass is 35.5. The third-order valence-corrected chi connectivity index (χ3v) is 7.75. The Kier molecular flexibility index (Phi) is 17.5. The van der Waals surface area contributed by atoms with Crippen molar-refractivity contribution >= 4 is 86.7 Å². The summed E-state index contributed by atoms with van der Waals surface area (Å²) < 4.78 is 16.2. The largest absolute Gasteiger partial charge is 0.494 e. The Morgan fingerprint density at radius 2 is 1.31 bits per heavy atom. The molecule has 1 atom stereocenters. The number of rotatable bonds is 11. The lowest BCUT2D eigenvalue weighted by Crippen LogP contribution is -2.50. The van der Waals surface area contributed by atoms with Crippen molar-refractivity contribution in [1.82, 2.24) is 20.2 Å². The maximum Gasteiger partial charge on any atom is 0.350 e. The minimum absolute atomic E-state index is 0.0241. The lowest BCUT2D eigenvalue weighted by molar-refractivity contribution is -0.129. The second-order valence-corrected chi connectivity index (χ2v) is 12.1. The maximum absolute atomic E-state index is 12.4. The number of aryl methyl sites for hydroxylation is 1. The highest BCUT2D eigenvalue weighted by Crippen LogP contribution is 2.35. The number of ether oxygens (including phenoxy) is 3. The first-order chi connectivity index (χ1) is 24.0. The minimum Gasteiger partial charge on any atom is -0.494 e. The summed E-state index contributed by atoms with van der Waals surface area (Å²) in [6, 6.07) is 8.37. The fourth-order valence-electron chi connectivity index (χ4n) is 3.88. The molecule has 1 aliphatic heterocycles. The third kappa shape index (κ3) is 13.2. The van der Waals surface area contributed by atoms with E-state index in [9.17, 15) is 33.9 Å². The van der Waals surface area contributed by atoms with Crippen LogP contribution in [0.5, 0.6) is 17.4 Å². The zero-order chi connectivity index (χ0) is 38.4. The molecule has 2 heterocycles. The van der Waals surface area contributed by atoms with Crippen molar-refractivity contribution in [1.29, 1.82) is 0 Å². The molecule has 4 rings (SSSR count). The van der Waals surface area contributed by atoms with E-state index in [1.165, 1.54) is 81.6 Å². The van der Waals surface area contributed by atoms with Crippen molar-refractivity contribution < 1.29 is 43.3 Å². The highest BCUT2D eigenvalue weighted by molar-refractivity contribution is 6.69. The van der Waals surface area contributed by atoms with Crippen LogP contribution in [-0.4, -0.2) is 75.6 Å². The molecule has 19 heteroatoms. The van der Waals surface area contributed by atoms with Crippen LogP contribution in [-0.2, 0) is 20.9 Å².